The zero-order valence-corrected chi connectivity index (χ0v) is 15.8. The number of aromatic nitrogens is 3. The highest BCUT2D eigenvalue weighted by molar-refractivity contribution is 6.33. The van der Waals surface area contributed by atoms with Crippen LogP contribution in [-0.2, 0) is 4.79 Å². The van der Waals surface area contributed by atoms with E-state index in [2.05, 4.69) is 30.9 Å². The Balaban J connectivity index is 1.49. The molecule has 1 aliphatic heterocycles. The van der Waals surface area contributed by atoms with Crippen LogP contribution < -0.4 is 16.0 Å². The highest BCUT2D eigenvalue weighted by Crippen LogP contribution is 2.30. The van der Waals surface area contributed by atoms with Crippen LogP contribution in [0.25, 0.3) is 11.3 Å². The molecule has 1 aliphatic carbocycles. The average Bonchev–Trinajstić information content (AvgIpc) is 3.53. The average molecular weight is 387 g/mol. The molecule has 0 spiro atoms. The summed E-state index contributed by atoms with van der Waals surface area (Å²) in [5.41, 5.74) is 1.35. The van der Waals surface area contributed by atoms with E-state index in [1.807, 2.05) is 0 Å². The van der Waals surface area contributed by atoms with Gasteiger partial charge in [0.25, 0.3) is 0 Å². The maximum Gasteiger partial charge on any atom is 0.229 e. The Morgan fingerprint density at radius 3 is 2.89 bits per heavy atom. The highest BCUT2D eigenvalue weighted by atomic mass is 35.5. The van der Waals surface area contributed by atoms with Crippen LogP contribution in [0.15, 0.2) is 24.7 Å². The molecule has 27 heavy (non-hydrogen) atoms. The van der Waals surface area contributed by atoms with E-state index in [0.29, 0.717) is 28.6 Å². The van der Waals surface area contributed by atoms with E-state index < -0.39 is 0 Å². The van der Waals surface area contributed by atoms with E-state index in [1.54, 1.807) is 18.5 Å². The summed E-state index contributed by atoms with van der Waals surface area (Å²) in [5, 5.41) is 9.94. The van der Waals surface area contributed by atoms with Crippen molar-refractivity contribution in [3.05, 3.63) is 29.7 Å². The van der Waals surface area contributed by atoms with Crippen molar-refractivity contribution in [1.82, 2.24) is 20.3 Å². The van der Waals surface area contributed by atoms with Gasteiger partial charge in [-0.25, -0.2) is 9.97 Å². The summed E-state index contributed by atoms with van der Waals surface area (Å²) in [6.45, 7) is 2.59. The van der Waals surface area contributed by atoms with Crippen molar-refractivity contribution in [2.24, 2.45) is 11.8 Å². The molecule has 4 rings (SSSR count). The van der Waals surface area contributed by atoms with E-state index in [-0.39, 0.29) is 11.8 Å². The smallest absolute Gasteiger partial charge is 0.229 e. The monoisotopic (exact) mass is 386 g/mol. The molecule has 0 aromatic carbocycles. The van der Waals surface area contributed by atoms with Gasteiger partial charge in [-0.15, -0.1) is 0 Å². The van der Waals surface area contributed by atoms with Crippen molar-refractivity contribution < 1.29 is 4.79 Å². The molecule has 2 aromatic rings. The minimum atomic E-state index is -0.0329. The fraction of sp³-hybridized carbons (Fsp3) is 0.474. The number of rotatable bonds is 6. The maximum absolute atomic E-state index is 12.4. The van der Waals surface area contributed by atoms with Gasteiger partial charge in [0.05, 0.1) is 29.0 Å². The fourth-order valence-corrected chi connectivity index (χ4v) is 3.36. The molecule has 1 unspecified atom stereocenters. The lowest BCUT2D eigenvalue weighted by molar-refractivity contribution is -0.120. The number of nitrogens with zero attached hydrogens (tertiary/aromatic N) is 3. The normalized spacial score (nSPS) is 19.5. The van der Waals surface area contributed by atoms with Gasteiger partial charge in [0.1, 0.15) is 11.6 Å². The van der Waals surface area contributed by atoms with Gasteiger partial charge in [0, 0.05) is 24.8 Å². The Labute approximate surface area is 163 Å². The van der Waals surface area contributed by atoms with Gasteiger partial charge < -0.3 is 16.0 Å². The van der Waals surface area contributed by atoms with Crippen LogP contribution in [0.4, 0.5) is 11.6 Å². The Morgan fingerprint density at radius 1 is 1.22 bits per heavy atom. The Bertz CT molecular complexity index is 820. The number of carbonyl (C=O) groups is 1. The maximum atomic E-state index is 12.4. The second-order valence-corrected chi connectivity index (χ2v) is 7.60. The fourth-order valence-electron chi connectivity index (χ4n) is 3.16. The third kappa shape index (κ3) is 4.73. The van der Waals surface area contributed by atoms with Crippen LogP contribution in [0.2, 0.25) is 5.02 Å². The molecule has 142 valence electrons. The first-order valence-electron chi connectivity index (χ1n) is 9.42. The van der Waals surface area contributed by atoms with Crippen molar-refractivity contribution in [3.8, 4) is 11.3 Å². The first kappa shape index (κ1) is 18.1. The first-order valence-corrected chi connectivity index (χ1v) is 9.80. The predicted molar refractivity (Wildman–Crippen MR) is 106 cm³/mol. The number of piperidine rings is 1. The molecule has 3 N–H and O–H groups in total. The largest absolute Gasteiger partial charge is 0.368 e. The van der Waals surface area contributed by atoms with Crippen LogP contribution >= 0.6 is 11.6 Å². The molecule has 0 bridgehead atoms. The zero-order chi connectivity index (χ0) is 18.6. The molecule has 1 saturated heterocycles. The number of halogens is 1. The topological polar surface area (TPSA) is 91.8 Å². The Morgan fingerprint density at radius 2 is 2.11 bits per heavy atom. The molecule has 2 aromatic heterocycles. The molecule has 7 nitrogen and oxygen atoms in total. The van der Waals surface area contributed by atoms with Gasteiger partial charge in [-0.2, -0.15) is 0 Å². The quantitative estimate of drug-likeness (QED) is 0.707. The summed E-state index contributed by atoms with van der Waals surface area (Å²) in [4.78, 5) is 25.6. The Kier molecular flexibility index (Phi) is 5.50. The lowest BCUT2D eigenvalue weighted by atomic mass is 9.99. The zero-order valence-electron chi connectivity index (χ0n) is 15.0. The summed E-state index contributed by atoms with van der Waals surface area (Å²) < 4.78 is 0. The molecule has 2 aliphatic rings. The van der Waals surface area contributed by atoms with E-state index in [4.69, 9.17) is 11.6 Å². The third-order valence-electron chi connectivity index (χ3n) is 4.95. The highest BCUT2D eigenvalue weighted by Gasteiger charge is 2.22. The van der Waals surface area contributed by atoms with Crippen LogP contribution in [0.5, 0.6) is 0 Å². The molecule has 2 fully saturated rings. The van der Waals surface area contributed by atoms with E-state index in [1.165, 1.54) is 19.0 Å². The molecule has 8 heteroatoms. The first-order chi connectivity index (χ1) is 13.2. The lowest BCUT2D eigenvalue weighted by Gasteiger charge is -2.21. The summed E-state index contributed by atoms with van der Waals surface area (Å²) in [6.07, 6.45) is 9.36. The summed E-state index contributed by atoms with van der Waals surface area (Å²) in [7, 11) is 0. The van der Waals surface area contributed by atoms with Crippen molar-refractivity contribution in [2.45, 2.75) is 25.7 Å². The molecular formula is C19H23ClN6O. The van der Waals surface area contributed by atoms with Gasteiger partial charge in [0.2, 0.25) is 5.91 Å². The number of amides is 1. The van der Waals surface area contributed by atoms with Gasteiger partial charge in [-0.05, 0) is 44.2 Å². The lowest BCUT2D eigenvalue weighted by Crippen LogP contribution is -2.37. The molecule has 1 amide bonds. The van der Waals surface area contributed by atoms with Gasteiger partial charge in [-0.3, -0.25) is 9.78 Å². The van der Waals surface area contributed by atoms with Crippen LogP contribution in [0, 0.1) is 11.8 Å². The second-order valence-electron chi connectivity index (χ2n) is 7.20. The number of hydrogen-bond donors (Lipinski definition) is 3. The molecule has 3 heterocycles. The van der Waals surface area contributed by atoms with Crippen molar-refractivity contribution in [1.29, 1.82) is 0 Å². The standard InChI is InChI=1S/C19H23ClN6O/c20-15-9-24-17(26-19(27)13-2-1-5-21-8-13)6-14(15)16-10-22-11-18(25-16)23-7-12-3-4-12/h6,9-13,21H,1-5,7-8H2,(H,23,25)(H,24,26,27). The summed E-state index contributed by atoms with van der Waals surface area (Å²) >= 11 is 6.33. The molecular weight excluding hydrogens is 364 g/mol. The molecule has 0 radical (unpaired) electrons. The number of hydrogen-bond acceptors (Lipinski definition) is 6. The van der Waals surface area contributed by atoms with Crippen molar-refractivity contribution in [3.63, 3.8) is 0 Å². The Hall–Kier alpha value is -2.25. The predicted octanol–water partition coefficient (Wildman–Crippen LogP) is 2.95. The van der Waals surface area contributed by atoms with Crippen molar-refractivity contribution in [2.75, 3.05) is 30.3 Å². The number of anilines is 2. The third-order valence-corrected chi connectivity index (χ3v) is 5.25. The van der Waals surface area contributed by atoms with Gasteiger partial charge >= 0.3 is 0 Å². The number of pyridine rings is 1. The minimum absolute atomic E-state index is 0.0195. The van der Waals surface area contributed by atoms with E-state index in [0.717, 1.165) is 37.7 Å². The molecule has 1 atom stereocenters. The van der Waals surface area contributed by atoms with Crippen LogP contribution in [-0.4, -0.2) is 40.5 Å². The van der Waals surface area contributed by atoms with Gasteiger partial charge in [-0.1, -0.05) is 11.6 Å². The van der Waals surface area contributed by atoms with Gasteiger partial charge in [0.15, 0.2) is 0 Å². The minimum Gasteiger partial charge on any atom is -0.368 e. The summed E-state index contributed by atoms with van der Waals surface area (Å²) in [5.74, 6) is 1.90. The number of carbonyl (C=O) groups excluding carboxylic acids is 1. The molecule has 1 saturated carbocycles. The number of nitrogens with one attached hydrogen (secondary N) is 3. The van der Waals surface area contributed by atoms with E-state index in [9.17, 15) is 4.79 Å². The van der Waals surface area contributed by atoms with Crippen LogP contribution in [0.3, 0.4) is 0 Å². The SMILES string of the molecule is O=C(Nc1cc(-c2cncc(NCC3CC3)n2)c(Cl)cn1)C1CCCNC1. The second kappa shape index (κ2) is 8.19. The van der Waals surface area contributed by atoms with E-state index >= 15 is 0 Å². The van der Waals surface area contributed by atoms with Crippen molar-refractivity contribution >= 4 is 29.1 Å². The van der Waals surface area contributed by atoms with Crippen LogP contribution in [0.1, 0.15) is 25.7 Å². The summed E-state index contributed by atoms with van der Waals surface area (Å²) in [6, 6.07) is 1.76.